The van der Waals surface area contributed by atoms with Gasteiger partial charge in [-0.15, -0.1) is 0 Å². The van der Waals surface area contributed by atoms with Gasteiger partial charge in [-0.2, -0.15) is 0 Å². The highest BCUT2D eigenvalue weighted by Gasteiger charge is 2.16. The zero-order chi connectivity index (χ0) is 13.9. The van der Waals surface area contributed by atoms with Crippen LogP contribution in [-0.2, 0) is 10.0 Å². The van der Waals surface area contributed by atoms with Gasteiger partial charge in [-0.1, -0.05) is 17.7 Å². The number of anilines is 1. The van der Waals surface area contributed by atoms with E-state index >= 15 is 0 Å². The van der Waals surface area contributed by atoms with E-state index in [1.165, 1.54) is 31.5 Å². The van der Waals surface area contributed by atoms with Crippen molar-refractivity contribution in [1.29, 1.82) is 0 Å². The second kappa shape index (κ2) is 5.46. The van der Waals surface area contributed by atoms with Crippen molar-refractivity contribution in [1.82, 2.24) is 4.98 Å². The van der Waals surface area contributed by atoms with Gasteiger partial charge in [0, 0.05) is 6.20 Å². The molecule has 0 saturated carbocycles. The second-order valence-electron chi connectivity index (χ2n) is 3.62. The van der Waals surface area contributed by atoms with E-state index in [1.807, 2.05) is 0 Å². The first-order valence-corrected chi connectivity index (χ1v) is 7.16. The molecule has 1 aromatic heterocycles. The van der Waals surface area contributed by atoms with Crippen molar-refractivity contribution in [3.8, 4) is 5.75 Å². The molecule has 100 valence electrons. The normalized spacial score (nSPS) is 11.1. The molecule has 0 saturated heterocycles. The minimum Gasteiger partial charge on any atom is -0.495 e. The van der Waals surface area contributed by atoms with Gasteiger partial charge in [0.05, 0.1) is 17.0 Å². The van der Waals surface area contributed by atoms with E-state index in [9.17, 15) is 8.42 Å². The minimum atomic E-state index is -3.71. The number of pyridine rings is 1. The van der Waals surface area contributed by atoms with E-state index in [4.69, 9.17) is 16.3 Å². The van der Waals surface area contributed by atoms with E-state index < -0.39 is 10.0 Å². The van der Waals surface area contributed by atoms with Gasteiger partial charge in [0.25, 0.3) is 10.0 Å². The first-order chi connectivity index (χ1) is 9.03. The zero-order valence-corrected chi connectivity index (χ0v) is 11.6. The fourth-order valence-corrected chi connectivity index (χ4v) is 2.79. The van der Waals surface area contributed by atoms with Gasteiger partial charge in [-0.25, -0.2) is 13.4 Å². The third kappa shape index (κ3) is 3.15. The number of benzene rings is 1. The van der Waals surface area contributed by atoms with Gasteiger partial charge in [0.2, 0.25) is 0 Å². The lowest BCUT2D eigenvalue weighted by Gasteiger charge is -2.09. The molecular formula is C12H11ClN2O3S. The van der Waals surface area contributed by atoms with Crippen LogP contribution in [0, 0.1) is 0 Å². The lowest BCUT2D eigenvalue weighted by molar-refractivity contribution is 0.414. The summed E-state index contributed by atoms with van der Waals surface area (Å²) in [6, 6.07) is 9.17. The molecule has 0 fully saturated rings. The second-order valence-corrected chi connectivity index (χ2v) is 5.71. The van der Waals surface area contributed by atoms with Crippen LogP contribution in [0.5, 0.6) is 5.75 Å². The SMILES string of the molecule is COc1ccc(S(=O)(=O)Nc2ccccn2)cc1Cl. The number of sulfonamides is 1. The van der Waals surface area contributed by atoms with Crippen molar-refractivity contribution in [3.05, 3.63) is 47.6 Å². The number of hydrogen-bond donors (Lipinski definition) is 1. The van der Waals surface area contributed by atoms with E-state index in [1.54, 1.807) is 18.2 Å². The first kappa shape index (κ1) is 13.6. The molecule has 1 aromatic carbocycles. The summed E-state index contributed by atoms with van der Waals surface area (Å²) in [7, 11) is -2.25. The Labute approximate surface area is 116 Å². The third-order valence-electron chi connectivity index (χ3n) is 2.34. The molecule has 0 radical (unpaired) electrons. The maximum Gasteiger partial charge on any atom is 0.263 e. The van der Waals surface area contributed by atoms with E-state index in [-0.39, 0.29) is 15.7 Å². The van der Waals surface area contributed by atoms with Crippen LogP contribution in [0.25, 0.3) is 0 Å². The Kier molecular flexibility index (Phi) is 3.92. The molecule has 0 spiro atoms. The average Bonchev–Trinajstić information content (AvgIpc) is 2.39. The molecule has 19 heavy (non-hydrogen) atoms. The Balaban J connectivity index is 2.32. The van der Waals surface area contributed by atoms with Crippen molar-refractivity contribution in [2.24, 2.45) is 0 Å². The number of hydrogen-bond acceptors (Lipinski definition) is 4. The van der Waals surface area contributed by atoms with Gasteiger partial charge in [-0.3, -0.25) is 4.72 Å². The number of aromatic nitrogens is 1. The summed E-state index contributed by atoms with van der Waals surface area (Å²) in [4.78, 5) is 3.94. The first-order valence-electron chi connectivity index (χ1n) is 5.30. The number of nitrogens with one attached hydrogen (secondary N) is 1. The van der Waals surface area contributed by atoms with Crippen molar-refractivity contribution < 1.29 is 13.2 Å². The zero-order valence-electron chi connectivity index (χ0n) is 10.00. The van der Waals surface area contributed by atoms with Crippen LogP contribution in [0.15, 0.2) is 47.5 Å². The van der Waals surface area contributed by atoms with Crippen LogP contribution in [0.1, 0.15) is 0 Å². The predicted octanol–water partition coefficient (Wildman–Crippen LogP) is 2.54. The van der Waals surface area contributed by atoms with Crippen LogP contribution in [-0.4, -0.2) is 20.5 Å². The largest absolute Gasteiger partial charge is 0.495 e. The highest BCUT2D eigenvalue weighted by Crippen LogP contribution is 2.27. The van der Waals surface area contributed by atoms with Gasteiger partial charge in [0.15, 0.2) is 0 Å². The number of methoxy groups -OCH3 is 1. The molecule has 0 unspecified atom stereocenters. The molecule has 1 heterocycles. The van der Waals surface area contributed by atoms with Gasteiger partial charge in [-0.05, 0) is 30.3 Å². The molecule has 0 aliphatic heterocycles. The molecule has 2 aromatic rings. The Morgan fingerprint density at radius 3 is 2.63 bits per heavy atom. The minimum absolute atomic E-state index is 0.0453. The van der Waals surface area contributed by atoms with Crippen LogP contribution in [0.3, 0.4) is 0 Å². The molecule has 0 amide bonds. The smallest absolute Gasteiger partial charge is 0.263 e. The molecule has 7 heteroatoms. The van der Waals surface area contributed by atoms with Crippen LogP contribution in [0.2, 0.25) is 5.02 Å². The number of halogens is 1. The third-order valence-corrected chi connectivity index (χ3v) is 3.99. The fraction of sp³-hybridized carbons (Fsp3) is 0.0833. The summed E-state index contributed by atoms with van der Waals surface area (Å²) >= 11 is 5.91. The van der Waals surface area contributed by atoms with Crippen LogP contribution >= 0.6 is 11.6 Å². The summed E-state index contributed by atoms with van der Waals surface area (Å²) in [5.74, 6) is 0.660. The molecular weight excluding hydrogens is 288 g/mol. The topological polar surface area (TPSA) is 68.3 Å². The van der Waals surface area contributed by atoms with Crippen LogP contribution in [0.4, 0.5) is 5.82 Å². The molecule has 0 aliphatic rings. The van der Waals surface area contributed by atoms with E-state index in [0.717, 1.165) is 0 Å². The molecule has 0 aliphatic carbocycles. The number of rotatable bonds is 4. The molecule has 0 bridgehead atoms. The molecule has 0 atom stereocenters. The van der Waals surface area contributed by atoms with Crippen molar-refractivity contribution in [2.45, 2.75) is 4.90 Å². The Morgan fingerprint density at radius 1 is 1.26 bits per heavy atom. The summed E-state index contributed by atoms with van der Waals surface area (Å²) < 4.78 is 31.5. The van der Waals surface area contributed by atoms with Crippen LogP contribution < -0.4 is 9.46 Å². The molecule has 1 N–H and O–H groups in total. The quantitative estimate of drug-likeness (QED) is 0.942. The Bertz CT molecular complexity index is 675. The lowest BCUT2D eigenvalue weighted by atomic mass is 10.3. The highest BCUT2D eigenvalue weighted by molar-refractivity contribution is 7.92. The van der Waals surface area contributed by atoms with Crippen molar-refractivity contribution in [3.63, 3.8) is 0 Å². The fourth-order valence-electron chi connectivity index (χ4n) is 1.43. The Morgan fingerprint density at radius 2 is 2.05 bits per heavy atom. The maximum absolute atomic E-state index is 12.1. The molecule has 5 nitrogen and oxygen atoms in total. The summed E-state index contributed by atoms with van der Waals surface area (Å²) in [5, 5.41) is 0.228. The summed E-state index contributed by atoms with van der Waals surface area (Å²) in [6.45, 7) is 0. The monoisotopic (exact) mass is 298 g/mol. The highest BCUT2D eigenvalue weighted by atomic mass is 35.5. The van der Waals surface area contributed by atoms with Crippen molar-refractivity contribution in [2.75, 3.05) is 11.8 Å². The summed E-state index contributed by atoms with van der Waals surface area (Å²) in [5.41, 5.74) is 0. The Hall–Kier alpha value is -1.79. The van der Waals surface area contributed by atoms with Gasteiger partial charge >= 0.3 is 0 Å². The maximum atomic E-state index is 12.1. The number of nitrogens with zero attached hydrogens (tertiary/aromatic N) is 1. The average molecular weight is 299 g/mol. The standard InChI is InChI=1S/C12H11ClN2O3S/c1-18-11-6-5-9(8-10(11)13)19(16,17)15-12-4-2-3-7-14-12/h2-8H,1H3,(H,14,15). The predicted molar refractivity (Wildman–Crippen MR) is 73.0 cm³/mol. The van der Waals surface area contributed by atoms with E-state index in [0.29, 0.717) is 5.75 Å². The number of ether oxygens (including phenoxy) is 1. The summed E-state index contributed by atoms with van der Waals surface area (Å²) in [6.07, 6.45) is 1.50. The van der Waals surface area contributed by atoms with E-state index in [2.05, 4.69) is 9.71 Å². The van der Waals surface area contributed by atoms with Gasteiger partial charge < -0.3 is 4.74 Å². The van der Waals surface area contributed by atoms with Gasteiger partial charge in [0.1, 0.15) is 11.6 Å². The van der Waals surface area contributed by atoms with Crippen molar-refractivity contribution >= 4 is 27.4 Å². The molecule has 2 rings (SSSR count). The lowest BCUT2D eigenvalue weighted by Crippen LogP contribution is -2.13.